The van der Waals surface area contributed by atoms with Gasteiger partial charge in [0.05, 0.1) is 11.8 Å². The Kier molecular flexibility index (Phi) is 5.96. The Morgan fingerprint density at radius 2 is 1.56 bits per heavy atom. The lowest BCUT2D eigenvalue weighted by Crippen LogP contribution is -2.51. The third-order valence-electron chi connectivity index (χ3n) is 4.38. The van der Waals surface area contributed by atoms with E-state index >= 15 is 0 Å². The molecule has 0 aliphatic carbocycles. The van der Waals surface area contributed by atoms with Gasteiger partial charge in [-0.15, -0.1) is 0 Å². The van der Waals surface area contributed by atoms with Crippen molar-refractivity contribution in [2.45, 2.75) is 20.0 Å². The van der Waals surface area contributed by atoms with Gasteiger partial charge in [-0.05, 0) is 38.1 Å². The van der Waals surface area contributed by atoms with E-state index < -0.39 is 11.8 Å². The summed E-state index contributed by atoms with van der Waals surface area (Å²) in [4.78, 5) is 28.8. The molecule has 0 bridgehead atoms. The van der Waals surface area contributed by atoms with E-state index in [0.29, 0.717) is 37.6 Å². The smallest absolute Gasteiger partial charge is 0.314 e. The Balaban J connectivity index is 1.58. The van der Waals surface area contributed by atoms with E-state index in [1.165, 1.54) is 0 Å². The van der Waals surface area contributed by atoms with Gasteiger partial charge in [0.1, 0.15) is 5.75 Å². The number of amides is 2. The van der Waals surface area contributed by atoms with Crippen LogP contribution in [0.5, 0.6) is 5.75 Å². The van der Waals surface area contributed by atoms with Gasteiger partial charge in [-0.25, -0.2) is 0 Å². The molecule has 0 unspecified atom stereocenters. The van der Waals surface area contributed by atoms with Gasteiger partial charge in [0, 0.05) is 31.9 Å². The van der Waals surface area contributed by atoms with Gasteiger partial charge in [0.25, 0.3) is 0 Å². The SMILES string of the molecule is CC(C)Oc1ccccc1NC(=O)C(=O)N1CCN(c2ccccc2)CC1. The van der Waals surface area contributed by atoms with Crippen molar-refractivity contribution in [2.24, 2.45) is 0 Å². The molecule has 0 spiro atoms. The van der Waals surface area contributed by atoms with E-state index in [4.69, 9.17) is 4.74 Å². The fourth-order valence-corrected chi connectivity index (χ4v) is 3.05. The number of carbonyl (C=O) groups excluding carboxylic acids is 2. The minimum Gasteiger partial charge on any atom is -0.489 e. The minimum absolute atomic E-state index is 0.0233. The van der Waals surface area contributed by atoms with Gasteiger partial charge < -0.3 is 19.9 Å². The summed E-state index contributed by atoms with van der Waals surface area (Å²) in [7, 11) is 0. The highest BCUT2D eigenvalue weighted by atomic mass is 16.5. The molecule has 2 aromatic rings. The van der Waals surface area contributed by atoms with Crippen LogP contribution in [0.1, 0.15) is 13.8 Å². The number of para-hydroxylation sites is 3. The van der Waals surface area contributed by atoms with E-state index in [2.05, 4.69) is 22.3 Å². The standard InChI is InChI=1S/C21H25N3O3/c1-16(2)27-19-11-7-6-10-18(19)22-20(25)21(26)24-14-12-23(13-15-24)17-8-4-3-5-9-17/h3-11,16H,12-15H2,1-2H3,(H,22,25). The van der Waals surface area contributed by atoms with E-state index in [1.54, 1.807) is 23.1 Å². The zero-order valence-corrected chi connectivity index (χ0v) is 15.7. The lowest BCUT2D eigenvalue weighted by molar-refractivity contribution is -0.143. The monoisotopic (exact) mass is 367 g/mol. The molecule has 1 fully saturated rings. The van der Waals surface area contributed by atoms with Crippen molar-refractivity contribution in [3.63, 3.8) is 0 Å². The minimum atomic E-state index is -0.636. The van der Waals surface area contributed by atoms with Crippen molar-refractivity contribution in [3.05, 3.63) is 54.6 Å². The maximum Gasteiger partial charge on any atom is 0.314 e. The first-order valence-electron chi connectivity index (χ1n) is 9.20. The summed E-state index contributed by atoms with van der Waals surface area (Å²) < 4.78 is 5.69. The predicted octanol–water partition coefficient (Wildman–Crippen LogP) is 2.76. The summed E-state index contributed by atoms with van der Waals surface area (Å²) in [6.45, 7) is 6.27. The second-order valence-corrected chi connectivity index (χ2v) is 6.73. The van der Waals surface area contributed by atoms with Crippen LogP contribution < -0.4 is 15.0 Å². The summed E-state index contributed by atoms with van der Waals surface area (Å²) in [5, 5.41) is 2.69. The maximum atomic E-state index is 12.5. The first kappa shape index (κ1) is 18.8. The first-order valence-corrected chi connectivity index (χ1v) is 9.20. The molecule has 0 radical (unpaired) electrons. The van der Waals surface area contributed by atoms with E-state index in [0.717, 1.165) is 5.69 Å². The molecule has 6 nitrogen and oxygen atoms in total. The molecular weight excluding hydrogens is 342 g/mol. The quantitative estimate of drug-likeness (QED) is 0.844. The third kappa shape index (κ3) is 4.78. The molecule has 3 rings (SSSR count). The molecule has 0 atom stereocenters. The highest BCUT2D eigenvalue weighted by Gasteiger charge is 2.26. The van der Waals surface area contributed by atoms with Gasteiger partial charge in [0.2, 0.25) is 0 Å². The first-order chi connectivity index (χ1) is 13.0. The van der Waals surface area contributed by atoms with Gasteiger partial charge in [-0.2, -0.15) is 0 Å². The maximum absolute atomic E-state index is 12.5. The number of hydrogen-bond acceptors (Lipinski definition) is 4. The van der Waals surface area contributed by atoms with Crippen LogP contribution in [0.25, 0.3) is 0 Å². The number of rotatable bonds is 4. The molecule has 1 saturated heterocycles. The van der Waals surface area contributed by atoms with Crippen LogP contribution in [0.15, 0.2) is 54.6 Å². The van der Waals surface area contributed by atoms with Gasteiger partial charge in [-0.3, -0.25) is 9.59 Å². The molecule has 2 aromatic carbocycles. The van der Waals surface area contributed by atoms with Crippen LogP contribution in [0.3, 0.4) is 0 Å². The Morgan fingerprint density at radius 1 is 0.926 bits per heavy atom. The Hall–Kier alpha value is -3.02. The molecule has 1 heterocycles. The van der Waals surface area contributed by atoms with Crippen molar-refractivity contribution in [2.75, 3.05) is 36.4 Å². The fraction of sp³-hybridized carbons (Fsp3) is 0.333. The second kappa shape index (κ2) is 8.58. The Morgan fingerprint density at radius 3 is 2.22 bits per heavy atom. The molecule has 0 aromatic heterocycles. The zero-order valence-electron chi connectivity index (χ0n) is 15.7. The van der Waals surface area contributed by atoms with Gasteiger partial charge in [0.15, 0.2) is 0 Å². The molecule has 27 heavy (non-hydrogen) atoms. The molecule has 1 aliphatic heterocycles. The average molecular weight is 367 g/mol. The molecule has 142 valence electrons. The highest BCUT2D eigenvalue weighted by Crippen LogP contribution is 2.25. The van der Waals surface area contributed by atoms with Crippen LogP contribution in [0.4, 0.5) is 11.4 Å². The zero-order chi connectivity index (χ0) is 19.2. The summed E-state index contributed by atoms with van der Waals surface area (Å²) in [6.07, 6.45) is -0.0233. The summed E-state index contributed by atoms with van der Waals surface area (Å²) in [5.74, 6) is -0.590. The van der Waals surface area contributed by atoms with Crippen LogP contribution in [-0.4, -0.2) is 49.0 Å². The van der Waals surface area contributed by atoms with Crippen LogP contribution in [-0.2, 0) is 9.59 Å². The predicted molar refractivity (Wildman–Crippen MR) is 106 cm³/mol. The number of nitrogens with one attached hydrogen (secondary N) is 1. The van der Waals surface area contributed by atoms with Crippen molar-refractivity contribution >= 4 is 23.2 Å². The summed E-state index contributed by atoms with van der Waals surface area (Å²) >= 11 is 0. The third-order valence-corrected chi connectivity index (χ3v) is 4.38. The van der Waals surface area contributed by atoms with E-state index in [1.807, 2.05) is 38.1 Å². The largest absolute Gasteiger partial charge is 0.489 e. The number of ether oxygens (including phenoxy) is 1. The number of piperazine rings is 1. The number of hydrogen-bond donors (Lipinski definition) is 1. The van der Waals surface area contributed by atoms with Crippen LogP contribution in [0, 0.1) is 0 Å². The second-order valence-electron chi connectivity index (χ2n) is 6.73. The fourth-order valence-electron chi connectivity index (χ4n) is 3.05. The molecule has 1 aliphatic rings. The molecule has 2 amide bonds. The number of benzene rings is 2. The molecule has 0 saturated carbocycles. The van der Waals surface area contributed by atoms with Crippen molar-refractivity contribution < 1.29 is 14.3 Å². The van der Waals surface area contributed by atoms with E-state index in [9.17, 15) is 9.59 Å². The Labute approximate surface area is 159 Å². The number of carbonyl (C=O) groups is 2. The normalized spacial score (nSPS) is 14.2. The lowest BCUT2D eigenvalue weighted by atomic mass is 10.2. The molecule has 6 heteroatoms. The molecular formula is C21H25N3O3. The van der Waals surface area contributed by atoms with Crippen molar-refractivity contribution in [3.8, 4) is 5.75 Å². The average Bonchev–Trinajstić information content (AvgIpc) is 2.69. The molecule has 1 N–H and O–H groups in total. The number of anilines is 2. The van der Waals surface area contributed by atoms with Crippen molar-refractivity contribution in [1.29, 1.82) is 0 Å². The topological polar surface area (TPSA) is 61.9 Å². The summed E-state index contributed by atoms with van der Waals surface area (Å²) in [5.41, 5.74) is 1.64. The van der Waals surface area contributed by atoms with E-state index in [-0.39, 0.29) is 6.10 Å². The van der Waals surface area contributed by atoms with Gasteiger partial charge >= 0.3 is 11.8 Å². The summed E-state index contributed by atoms with van der Waals surface area (Å²) in [6, 6.07) is 17.2. The number of nitrogens with zero attached hydrogens (tertiary/aromatic N) is 2. The van der Waals surface area contributed by atoms with Crippen LogP contribution in [0.2, 0.25) is 0 Å². The Bertz CT molecular complexity index is 784. The van der Waals surface area contributed by atoms with Crippen LogP contribution >= 0.6 is 0 Å². The lowest BCUT2D eigenvalue weighted by Gasteiger charge is -2.35. The van der Waals surface area contributed by atoms with Gasteiger partial charge in [-0.1, -0.05) is 30.3 Å². The van der Waals surface area contributed by atoms with Crippen molar-refractivity contribution in [1.82, 2.24) is 4.90 Å². The highest BCUT2D eigenvalue weighted by molar-refractivity contribution is 6.39.